The summed E-state index contributed by atoms with van der Waals surface area (Å²) in [6.45, 7) is 2.54. The first kappa shape index (κ1) is 20.4. The highest BCUT2D eigenvalue weighted by atomic mass is 32.1. The number of benzene rings is 1. The van der Waals surface area contributed by atoms with Crippen LogP contribution in [0.15, 0.2) is 60.8 Å². The molecule has 1 amide bonds. The second kappa shape index (κ2) is 8.89. The van der Waals surface area contributed by atoms with Gasteiger partial charge in [-0.05, 0) is 67.7 Å². The van der Waals surface area contributed by atoms with Crippen molar-refractivity contribution in [3.63, 3.8) is 0 Å². The Morgan fingerprint density at radius 2 is 2.03 bits per heavy atom. The van der Waals surface area contributed by atoms with Crippen LogP contribution < -0.4 is 10.6 Å². The number of nitrogens with zero attached hydrogens (tertiary/aromatic N) is 2. The first-order chi connectivity index (χ1) is 14.5. The fourth-order valence-electron chi connectivity index (χ4n) is 3.55. The maximum absolute atomic E-state index is 13.1. The first-order valence-corrected chi connectivity index (χ1v) is 10.8. The van der Waals surface area contributed by atoms with Crippen LogP contribution in [0.3, 0.4) is 0 Å². The lowest BCUT2D eigenvalue weighted by Gasteiger charge is -2.26. The summed E-state index contributed by atoms with van der Waals surface area (Å²) in [6.07, 6.45) is 2.03. The van der Waals surface area contributed by atoms with Gasteiger partial charge >= 0.3 is 0 Å². The predicted molar refractivity (Wildman–Crippen MR) is 121 cm³/mol. The number of pyridine rings is 1. The van der Waals surface area contributed by atoms with Crippen LogP contribution >= 0.6 is 23.6 Å². The molecule has 0 spiro atoms. The normalized spacial score (nSPS) is 18.3. The summed E-state index contributed by atoms with van der Waals surface area (Å²) in [5.41, 5.74) is 1.48. The van der Waals surface area contributed by atoms with Crippen LogP contribution in [-0.4, -0.2) is 27.4 Å². The minimum atomic E-state index is -0.337. The quantitative estimate of drug-likeness (QED) is 0.549. The van der Waals surface area contributed by atoms with Gasteiger partial charge in [0.25, 0.3) is 0 Å². The molecule has 0 bridgehead atoms. The number of rotatable bonds is 6. The molecule has 1 aliphatic rings. The molecular weight excluding hydrogens is 419 g/mol. The van der Waals surface area contributed by atoms with Gasteiger partial charge < -0.3 is 15.5 Å². The van der Waals surface area contributed by atoms with E-state index in [1.165, 1.54) is 21.9 Å². The Labute approximate surface area is 183 Å². The summed E-state index contributed by atoms with van der Waals surface area (Å²) in [6, 6.07) is 15.6. The van der Waals surface area contributed by atoms with Crippen LogP contribution in [-0.2, 0) is 4.79 Å². The number of thiocarbonyl (C=S) groups is 1. The standard InChI is InChI=1S/C22H21FN4OS2/c1-14-5-10-18(30-14)21-20(17-4-2-3-12-24-17)26-22(29)27(21)13-11-19(28)25-16-8-6-15(23)7-9-16/h2-10,12,20-21H,11,13H2,1H3,(H,25,28)(H,26,29)/t20-,21-/m0/s1. The molecule has 30 heavy (non-hydrogen) atoms. The zero-order valence-corrected chi connectivity index (χ0v) is 18.0. The number of aromatic nitrogens is 1. The average Bonchev–Trinajstić information content (AvgIpc) is 3.31. The van der Waals surface area contributed by atoms with Crippen molar-refractivity contribution in [2.45, 2.75) is 25.4 Å². The largest absolute Gasteiger partial charge is 0.352 e. The van der Waals surface area contributed by atoms with E-state index >= 15 is 0 Å². The summed E-state index contributed by atoms with van der Waals surface area (Å²) in [4.78, 5) is 21.4. The number of hydrogen-bond donors (Lipinski definition) is 2. The van der Waals surface area contributed by atoms with Gasteiger partial charge in [-0.15, -0.1) is 11.3 Å². The van der Waals surface area contributed by atoms with Gasteiger partial charge in [0.2, 0.25) is 5.91 Å². The van der Waals surface area contributed by atoms with Gasteiger partial charge in [-0.2, -0.15) is 0 Å². The molecule has 0 radical (unpaired) electrons. The lowest BCUT2D eigenvalue weighted by molar-refractivity contribution is -0.116. The van der Waals surface area contributed by atoms with E-state index in [9.17, 15) is 9.18 Å². The highest BCUT2D eigenvalue weighted by molar-refractivity contribution is 7.80. The number of amides is 1. The molecule has 3 aromatic rings. The first-order valence-electron chi connectivity index (χ1n) is 9.61. The lowest BCUT2D eigenvalue weighted by atomic mass is 10.0. The van der Waals surface area contributed by atoms with Gasteiger partial charge in [0.05, 0.1) is 17.8 Å². The van der Waals surface area contributed by atoms with E-state index in [1.807, 2.05) is 18.2 Å². The maximum Gasteiger partial charge on any atom is 0.226 e. The van der Waals surface area contributed by atoms with Crippen LogP contribution in [0.25, 0.3) is 0 Å². The molecule has 0 aliphatic carbocycles. The second-order valence-corrected chi connectivity index (χ2v) is 8.78. The van der Waals surface area contributed by atoms with Crippen LogP contribution in [0.4, 0.5) is 10.1 Å². The molecule has 2 N–H and O–H groups in total. The summed E-state index contributed by atoms with van der Waals surface area (Å²) >= 11 is 7.34. The van der Waals surface area contributed by atoms with Gasteiger partial charge in [0, 0.05) is 34.6 Å². The van der Waals surface area contributed by atoms with Crippen LogP contribution in [0.1, 0.15) is 34.0 Å². The summed E-state index contributed by atoms with van der Waals surface area (Å²) in [7, 11) is 0. The molecular formula is C22H21FN4OS2. The smallest absolute Gasteiger partial charge is 0.226 e. The van der Waals surface area contributed by atoms with Gasteiger partial charge in [-0.3, -0.25) is 9.78 Å². The molecule has 0 saturated carbocycles. The van der Waals surface area contributed by atoms with Crippen molar-refractivity contribution in [3.8, 4) is 0 Å². The van der Waals surface area contributed by atoms with E-state index in [-0.39, 0.29) is 30.2 Å². The molecule has 8 heteroatoms. The maximum atomic E-state index is 13.1. The number of carbonyl (C=O) groups excluding carboxylic acids is 1. The molecule has 3 heterocycles. The van der Waals surface area contributed by atoms with E-state index in [4.69, 9.17) is 12.2 Å². The number of hydrogen-bond acceptors (Lipinski definition) is 4. The number of thiophene rings is 1. The van der Waals surface area contributed by atoms with Crippen molar-refractivity contribution in [1.82, 2.24) is 15.2 Å². The molecule has 2 atom stereocenters. The van der Waals surface area contributed by atoms with Crippen LogP contribution in [0.2, 0.25) is 0 Å². The van der Waals surface area contributed by atoms with Gasteiger partial charge in [-0.1, -0.05) is 6.07 Å². The Hall–Kier alpha value is -2.84. The fourth-order valence-corrected chi connectivity index (χ4v) is 4.91. The molecule has 1 aromatic carbocycles. The molecule has 154 valence electrons. The van der Waals surface area contributed by atoms with Gasteiger partial charge in [-0.25, -0.2) is 4.39 Å². The molecule has 2 aromatic heterocycles. The highest BCUT2D eigenvalue weighted by Gasteiger charge is 2.40. The van der Waals surface area contributed by atoms with Crippen molar-refractivity contribution in [2.75, 3.05) is 11.9 Å². The van der Waals surface area contributed by atoms with Crippen molar-refractivity contribution in [3.05, 3.63) is 82.1 Å². The fraction of sp³-hybridized carbons (Fsp3) is 0.227. The molecule has 1 fully saturated rings. The highest BCUT2D eigenvalue weighted by Crippen LogP contribution is 2.41. The molecule has 5 nitrogen and oxygen atoms in total. The zero-order valence-electron chi connectivity index (χ0n) is 16.3. The summed E-state index contributed by atoms with van der Waals surface area (Å²) in [5, 5.41) is 6.80. The molecule has 1 saturated heterocycles. The Morgan fingerprint density at radius 1 is 1.23 bits per heavy atom. The van der Waals surface area contributed by atoms with Crippen molar-refractivity contribution >= 4 is 40.3 Å². The number of carbonyl (C=O) groups is 1. The van der Waals surface area contributed by atoms with E-state index in [0.29, 0.717) is 17.3 Å². The number of aryl methyl sites for hydroxylation is 1. The Kier molecular flexibility index (Phi) is 6.06. The number of nitrogens with one attached hydrogen (secondary N) is 2. The van der Waals surface area contributed by atoms with E-state index in [1.54, 1.807) is 29.7 Å². The summed E-state index contributed by atoms with van der Waals surface area (Å²) in [5.74, 6) is -0.483. The van der Waals surface area contributed by atoms with E-state index in [0.717, 1.165) is 5.69 Å². The van der Waals surface area contributed by atoms with Crippen molar-refractivity contribution in [1.29, 1.82) is 0 Å². The predicted octanol–water partition coefficient (Wildman–Crippen LogP) is 4.59. The SMILES string of the molecule is Cc1ccc([C@H]2[C@H](c3ccccn3)NC(=S)N2CCC(=O)Nc2ccc(F)cc2)s1. The zero-order chi connectivity index (χ0) is 21.1. The molecule has 4 rings (SSSR count). The van der Waals surface area contributed by atoms with Crippen molar-refractivity contribution in [2.24, 2.45) is 0 Å². The Bertz CT molecular complexity index is 1040. The molecule has 0 unspecified atom stereocenters. The number of halogens is 1. The number of anilines is 1. The lowest BCUT2D eigenvalue weighted by Crippen LogP contribution is -2.32. The molecule has 1 aliphatic heterocycles. The topological polar surface area (TPSA) is 57.3 Å². The monoisotopic (exact) mass is 440 g/mol. The third-order valence-electron chi connectivity index (χ3n) is 4.96. The Morgan fingerprint density at radius 3 is 2.70 bits per heavy atom. The van der Waals surface area contributed by atoms with Crippen molar-refractivity contribution < 1.29 is 9.18 Å². The Balaban J connectivity index is 1.51. The minimum Gasteiger partial charge on any atom is -0.352 e. The third kappa shape index (κ3) is 4.49. The average molecular weight is 441 g/mol. The van der Waals surface area contributed by atoms with E-state index < -0.39 is 0 Å². The summed E-state index contributed by atoms with van der Waals surface area (Å²) < 4.78 is 13.1. The van der Waals surface area contributed by atoms with Crippen LogP contribution in [0, 0.1) is 12.7 Å². The van der Waals surface area contributed by atoms with Crippen LogP contribution in [0.5, 0.6) is 0 Å². The second-order valence-electron chi connectivity index (χ2n) is 7.07. The minimum absolute atomic E-state index is 0.0373. The van der Waals surface area contributed by atoms with Gasteiger partial charge in [0.1, 0.15) is 5.82 Å². The van der Waals surface area contributed by atoms with E-state index in [2.05, 4.69) is 39.6 Å². The van der Waals surface area contributed by atoms with Gasteiger partial charge in [0.15, 0.2) is 5.11 Å². The third-order valence-corrected chi connectivity index (χ3v) is 6.38.